The SMILES string of the molecule is CC(C)(C)C(=O)NCc1ccc(-c2nc3ccccc3s2)o1. The van der Waals surface area contributed by atoms with Crippen molar-refractivity contribution in [3.8, 4) is 10.8 Å². The highest BCUT2D eigenvalue weighted by Gasteiger charge is 2.21. The first kappa shape index (κ1) is 14.8. The van der Waals surface area contributed by atoms with Crippen LogP contribution in [0.3, 0.4) is 0 Å². The van der Waals surface area contributed by atoms with Crippen molar-refractivity contribution >= 4 is 27.5 Å². The normalized spacial score (nSPS) is 11.8. The molecule has 114 valence electrons. The maximum Gasteiger partial charge on any atom is 0.225 e. The number of hydrogen-bond acceptors (Lipinski definition) is 4. The number of furan rings is 1. The molecule has 0 saturated heterocycles. The zero-order valence-electron chi connectivity index (χ0n) is 12.8. The summed E-state index contributed by atoms with van der Waals surface area (Å²) in [6.45, 7) is 6.05. The van der Waals surface area contributed by atoms with Crippen molar-refractivity contribution in [1.82, 2.24) is 10.3 Å². The second kappa shape index (κ2) is 5.57. The summed E-state index contributed by atoms with van der Waals surface area (Å²) in [4.78, 5) is 16.4. The highest BCUT2D eigenvalue weighted by molar-refractivity contribution is 7.21. The van der Waals surface area contributed by atoms with E-state index in [1.807, 2.05) is 57.2 Å². The summed E-state index contributed by atoms with van der Waals surface area (Å²) in [6.07, 6.45) is 0. The average Bonchev–Trinajstić information content (AvgIpc) is 3.09. The molecule has 0 unspecified atom stereocenters. The van der Waals surface area contributed by atoms with Crippen molar-refractivity contribution in [3.05, 3.63) is 42.2 Å². The van der Waals surface area contributed by atoms with Gasteiger partial charge in [0.2, 0.25) is 5.91 Å². The quantitative estimate of drug-likeness (QED) is 0.787. The van der Waals surface area contributed by atoms with Crippen LogP contribution in [0.4, 0.5) is 0 Å². The summed E-state index contributed by atoms with van der Waals surface area (Å²) in [7, 11) is 0. The Labute approximate surface area is 133 Å². The van der Waals surface area contributed by atoms with Crippen molar-refractivity contribution in [3.63, 3.8) is 0 Å². The number of hydrogen-bond donors (Lipinski definition) is 1. The van der Waals surface area contributed by atoms with Crippen LogP contribution in [0.1, 0.15) is 26.5 Å². The van der Waals surface area contributed by atoms with E-state index in [-0.39, 0.29) is 5.91 Å². The number of benzene rings is 1. The Morgan fingerprint density at radius 3 is 2.73 bits per heavy atom. The van der Waals surface area contributed by atoms with E-state index in [0.29, 0.717) is 6.54 Å². The van der Waals surface area contributed by atoms with Gasteiger partial charge in [0.1, 0.15) is 5.76 Å². The van der Waals surface area contributed by atoms with Gasteiger partial charge in [-0.25, -0.2) is 4.98 Å². The summed E-state index contributed by atoms with van der Waals surface area (Å²) >= 11 is 1.60. The molecule has 0 fully saturated rings. The van der Waals surface area contributed by atoms with Crippen LogP contribution < -0.4 is 5.32 Å². The van der Waals surface area contributed by atoms with Crippen LogP contribution in [0.5, 0.6) is 0 Å². The first-order valence-corrected chi connectivity index (χ1v) is 7.98. The number of nitrogens with one attached hydrogen (secondary N) is 1. The number of para-hydroxylation sites is 1. The zero-order valence-corrected chi connectivity index (χ0v) is 13.7. The third-order valence-corrected chi connectivity index (χ3v) is 4.32. The molecule has 2 heterocycles. The molecule has 4 nitrogen and oxygen atoms in total. The molecule has 0 aliphatic heterocycles. The first-order valence-electron chi connectivity index (χ1n) is 7.16. The van der Waals surface area contributed by atoms with E-state index in [4.69, 9.17) is 4.42 Å². The van der Waals surface area contributed by atoms with E-state index in [2.05, 4.69) is 10.3 Å². The van der Waals surface area contributed by atoms with Crippen LogP contribution in [0.2, 0.25) is 0 Å². The van der Waals surface area contributed by atoms with E-state index in [1.165, 1.54) is 0 Å². The zero-order chi connectivity index (χ0) is 15.7. The molecule has 1 aromatic carbocycles. The van der Waals surface area contributed by atoms with Gasteiger partial charge in [-0.15, -0.1) is 11.3 Å². The van der Waals surface area contributed by atoms with Gasteiger partial charge in [0, 0.05) is 5.41 Å². The van der Waals surface area contributed by atoms with Crippen LogP contribution in [0.25, 0.3) is 21.0 Å². The maximum absolute atomic E-state index is 11.9. The monoisotopic (exact) mass is 314 g/mol. The fraction of sp³-hybridized carbons (Fsp3) is 0.294. The van der Waals surface area contributed by atoms with Gasteiger partial charge < -0.3 is 9.73 Å². The summed E-state index contributed by atoms with van der Waals surface area (Å²) in [5, 5.41) is 3.74. The number of carbonyl (C=O) groups excluding carboxylic acids is 1. The first-order chi connectivity index (χ1) is 10.4. The minimum atomic E-state index is -0.400. The number of amides is 1. The minimum Gasteiger partial charge on any atom is -0.457 e. The number of thiazole rings is 1. The van der Waals surface area contributed by atoms with E-state index in [1.54, 1.807) is 11.3 Å². The number of carbonyl (C=O) groups is 1. The second-order valence-electron chi connectivity index (χ2n) is 6.19. The Balaban J connectivity index is 1.75. The predicted molar refractivity (Wildman–Crippen MR) is 88.6 cm³/mol. The fourth-order valence-electron chi connectivity index (χ4n) is 2.00. The van der Waals surface area contributed by atoms with Crippen molar-refractivity contribution in [1.29, 1.82) is 0 Å². The summed E-state index contributed by atoms with van der Waals surface area (Å²) in [5.74, 6) is 1.47. The van der Waals surface area contributed by atoms with Crippen molar-refractivity contribution < 1.29 is 9.21 Å². The molecule has 3 rings (SSSR count). The number of aromatic nitrogens is 1. The average molecular weight is 314 g/mol. The van der Waals surface area contributed by atoms with Crippen LogP contribution in [0.15, 0.2) is 40.8 Å². The van der Waals surface area contributed by atoms with Gasteiger partial charge in [-0.1, -0.05) is 32.9 Å². The highest BCUT2D eigenvalue weighted by Crippen LogP contribution is 2.31. The van der Waals surface area contributed by atoms with Gasteiger partial charge in [-0.05, 0) is 24.3 Å². The van der Waals surface area contributed by atoms with Crippen molar-refractivity contribution in [2.45, 2.75) is 27.3 Å². The summed E-state index contributed by atoms with van der Waals surface area (Å²) in [6, 6.07) is 11.8. The molecular weight excluding hydrogens is 296 g/mol. The standard InChI is InChI=1S/C17H18N2O2S/c1-17(2,3)16(20)18-10-11-8-9-13(21-11)15-19-12-6-4-5-7-14(12)22-15/h4-9H,10H2,1-3H3,(H,18,20). The largest absolute Gasteiger partial charge is 0.457 e. The molecular formula is C17H18N2O2S. The van der Waals surface area contributed by atoms with Gasteiger partial charge >= 0.3 is 0 Å². The molecule has 3 aromatic rings. The van der Waals surface area contributed by atoms with Crippen LogP contribution in [-0.4, -0.2) is 10.9 Å². The molecule has 0 bridgehead atoms. The van der Waals surface area contributed by atoms with Crippen LogP contribution >= 0.6 is 11.3 Å². The van der Waals surface area contributed by atoms with Gasteiger partial charge in [0.05, 0.1) is 16.8 Å². The lowest BCUT2D eigenvalue weighted by molar-refractivity contribution is -0.128. The Bertz CT molecular complexity index is 778. The molecule has 5 heteroatoms. The van der Waals surface area contributed by atoms with Gasteiger partial charge in [0.15, 0.2) is 10.8 Å². The third kappa shape index (κ3) is 3.04. The van der Waals surface area contributed by atoms with Gasteiger partial charge in [0.25, 0.3) is 0 Å². The Morgan fingerprint density at radius 2 is 2.00 bits per heavy atom. The number of nitrogens with zero attached hydrogens (tertiary/aromatic N) is 1. The smallest absolute Gasteiger partial charge is 0.225 e. The third-order valence-electron chi connectivity index (χ3n) is 3.27. The Morgan fingerprint density at radius 1 is 1.23 bits per heavy atom. The van der Waals surface area contributed by atoms with E-state index in [9.17, 15) is 4.79 Å². The topological polar surface area (TPSA) is 55.1 Å². The van der Waals surface area contributed by atoms with Gasteiger partial charge in [-0.2, -0.15) is 0 Å². The molecule has 0 aliphatic rings. The summed E-state index contributed by atoms with van der Waals surface area (Å²) in [5.41, 5.74) is 0.573. The van der Waals surface area contributed by atoms with Gasteiger partial charge in [-0.3, -0.25) is 4.79 Å². The molecule has 0 saturated carbocycles. The molecule has 0 radical (unpaired) electrons. The van der Waals surface area contributed by atoms with Crippen LogP contribution in [0, 0.1) is 5.41 Å². The lowest BCUT2D eigenvalue weighted by Gasteiger charge is -2.16. The molecule has 1 N–H and O–H groups in total. The molecule has 0 atom stereocenters. The Hall–Kier alpha value is -2.14. The Kier molecular flexibility index (Phi) is 3.74. The lowest BCUT2D eigenvalue weighted by atomic mass is 9.96. The van der Waals surface area contributed by atoms with E-state index in [0.717, 1.165) is 26.7 Å². The predicted octanol–water partition coefficient (Wildman–Crippen LogP) is 4.22. The van der Waals surface area contributed by atoms with E-state index < -0.39 is 5.41 Å². The molecule has 2 aromatic heterocycles. The number of rotatable bonds is 3. The second-order valence-corrected chi connectivity index (χ2v) is 7.22. The molecule has 0 spiro atoms. The van der Waals surface area contributed by atoms with Crippen molar-refractivity contribution in [2.24, 2.45) is 5.41 Å². The highest BCUT2D eigenvalue weighted by atomic mass is 32.1. The summed E-state index contributed by atoms with van der Waals surface area (Å²) < 4.78 is 6.93. The molecule has 22 heavy (non-hydrogen) atoms. The fourth-order valence-corrected chi connectivity index (χ4v) is 2.93. The maximum atomic E-state index is 11.9. The number of fused-ring (bicyclic) bond motifs is 1. The van der Waals surface area contributed by atoms with Crippen LogP contribution in [-0.2, 0) is 11.3 Å². The molecule has 1 amide bonds. The minimum absolute atomic E-state index is 0.00503. The lowest BCUT2D eigenvalue weighted by Crippen LogP contribution is -2.34. The molecule has 0 aliphatic carbocycles. The van der Waals surface area contributed by atoms with E-state index >= 15 is 0 Å². The van der Waals surface area contributed by atoms with Crippen molar-refractivity contribution in [2.75, 3.05) is 0 Å².